The molecule has 0 spiro atoms. The maximum atomic E-state index is 11.2. The molecule has 2 fully saturated rings. The average Bonchev–Trinajstić information content (AvgIpc) is 2.84. The Morgan fingerprint density at radius 1 is 1.25 bits per heavy atom. The zero-order valence-electron chi connectivity index (χ0n) is 11.8. The summed E-state index contributed by atoms with van der Waals surface area (Å²) in [6, 6.07) is 6.17. The number of nitrogen functional groups attached to an aromatic ring is 1. The standard InChI is InChI=1S/C16H23N3O/c17-14-9-12(16(18)20)5-6-13(14)10-19-8-7-11-3-1-2-4-15(11)19/h5-6,9,11,15H,1-4,7-8,10,17H2,(H2,18,20). The molecule has 2 atom stereocenters. The van der Waals surface area contributed by atoms with E-state index in [1.54, 1.807) is 12.1 Å². The van der Waals surface area contributed by atoms with Crippen molar-refractivity contribution in [2.75, 3.05) is 12.3 Å². The topological polar surface area (TPSA) is 72.4 Å². The normalized spacial score (nSPS) is 26.4. The number of carbonyl (C=O) groups excluding carboxylic acids is 1. The molecule has 3 rings (SSSR count). The number of fused-ring (bicyclic) bond motifs is 1. The number of anilines is 1. The molecule has 1 aliphatic carbocycles. The zero-order valence-corrected chi connectivity index (χ0v) is 11.8. The second-order valence-electron chi connectivity index (χ2n) is 6.15. The van der Waals surface area contributed by atoms with Crippen molar-refractivity contribution in [3.8, 4) is 0 Å². The minimum Gasteiger partial charge on any atom is -0.398 e. The highest BCUT2D eigenvalue weighted by atomic mass is 16.1. The van der Waals surface area contributed by atoms with E-state index < -0.39 is 5.91 Å². The van der Waals surface area contributed by atoms with Crippen LogP contribution in [0.3, 0.4) is 0 Å². The number of nitrogens with two attached hydrogens (primary N) is 2. The first-order valence-corrected chi connectivity index (χ1v) is 7.57. The van der Waals surface area contributed by atoms with Crippen molar-refractivity contribution in [3.05, 3.63) is 29.3 Å². The van der Waals surface area contributed by atoms with Crippen LogP contribution in [-0.2, 0) is 6.54 Å². The number of rotatable bonds is 3. The molecule has 1 aromatic rings. The quantitative estimate of drug-likeness (QED) is 0.829. The van der Waals surface area contributed by atoms with Crippen LogP contribution in [0.2, 0.25) is 0 Å². The third kappa shape index (κ3) is 2.52. The lowest BCUT2D eigenvalue weighted by atomic mass is 9.85. The molecule has 1 heterocycles. The van der Waals surface area contributed by atoms with Gasteiger partial charge in [0.1, 0.15) is 0 Å². The van der Waals surface area contributed by atoms with Crippen molar-refractivity contribution in [2.24, 2.45) is 11.7 Å². The molecule has 4 N–H and O–H groups in total. The van der Waals surface area contributed by atoms with Crippen LogP contribution in [0.25, 0.3) is 0 Å². The van der Waals surface area contributed by atoms with E-state index in [9.17, 15) is 4.79 Å². The van der Waals surface area contributed by atoms with Gasteiger partial charge in [-0.15, -0.1) is 0 Å². The average molecular weight is 273 g/mol. The van der Waals surface area contributed by atoms with Crippen LogP contribution >= 0.6 is 0 Å². The third-order valence-electron chi connectivity index (χ3n) is 4.93. The highest BCUT2D eigenvalue weighted by molar-refractivity contribution is 5.93. The lowest BCUT2D eigenvalue weighted by Crippen LogP contribution is -2.34. The number of amides is 1. The second-order valence-corrected chi connectivity index (χ2v) is 6.15. The van der Waals surface area contributed by atoms with Crippen molar-refractivity contribution >= 4 is 11.6 Å². The highest BCUT2D eigenvalue weighted by Gasteiger charge is 2.35. The monoisotopic (exact) mass is 273 g/mol. The molecule has 0 bridgehead atoms. The van der Waals surface area contributed by atoms with Gasteiger partial charge in [0, 0.05) is 23.8 Å². The molecule has 1 saturated carbocycles. The highest BCUT2D eigenvalue weighted by Crippen LogP contribution is 2.37. The predicted octanol–water partition coefficient (Wildman–Crippen LogP) is 2.13. The van der Waals surface area contributed by atoms with Crippen LogP contribution in [0.4, 0.5) is 5.69 Å². The van der Waals surface area contributed by atoms with E-state index in [2.05, 4.69) is 4.90 Å². The Kier molecular flexibility index (Phi) is 3.66. The fourth-order valence-electron chi connectivity index (χ4n) is 3.81. The number of benzene rings is 1. The van der Waals surface area contributed by atoms with Crippen molar-refractivity contribution in [1.82, 2.24) is 4.90 Å². The van der Waals surface area contributed by atoms with E-state index in [0.717, 1.165) is 24.1 Å². The lowest BCUT2D eigenvalue weighted by Gasteiger charge is -2.32. The van der Waals surface area contributed by atoms with Crippen LogP contribution < -0.4 is 11.5 Å². The summed E-state index contributed by atoms with van der Waals surface area (Å²) in [5.74, 6) is 0.464. The lowest BCUT2D eigenvalue weighted by molar-refractivity contribution is 0.100. The Hall–Kier alpha value is -1.55. The smallest absolute Gasteiger partial charge is 0.248 e. The van der Waals surface area contributed by atoms with Gasteiger partial charge in [-0.2, -0.15) is 0 Å². The van der Waals surface area contributed by atoms with Gasteiger partial charge in [-0.05, 0) is 49.4 Å². The number of nitrogens with zero attached hydrogens (tertiary/aromatic N) is 1. The molecule has 0 aromatic heterocycles. The molecule has 1 saturated heterocycles. The van der Waals surface area contributed by atoms with Gasteiger partial charge in [-0.25, -0.2) is 0 Å². The molecule has 20 heavy (non-hydrogen) atoms. The van der Waals surface area contributed by atoms with E-state index >= 15 is 0 Å². The number of carbonyl (C=O) groups is 1. The SMILES string of the molecule is NC(=O)c1ccc(CN2CCC3CCCCC32)c(N)c1. The molecule has 2 aliphatic rings. The van der Waals surface area contributed by atoms with Gasteiger partial charge in [0.2, 0.25) is 5.91 Å². The minimum absolute atomic E-state index is 0.420. The maximum Gasteiger partial charge on any atom is 0.248 e. The minimum atomic E-state index is -0.420. The summed E-state index contributed by atoms with van der Waals surface area (Å²) in [4.78, 5) is 13.7. The fourth-order valence-corrected chi connectivity index (χ4v) is 3.81. The summed E-state index contributed by atoms with van der Waals surface area (Å²) >= 11 is 0. The van der Waals surface area contributed by atoms with Gasteiger partial charge in [0.05, 0.1) is 0 Å². The van der Waals surface area contributed by atoms with Crippen LogP contribution in [0, 0.1) is 5.92 Å². The molecule has 2 unspecified atom stereocenters. The molecule has 0 radical (unpaired) electrons. The predicted molar refractivity (Wildman–Crippen MR) is 80.1 cm³/mol. The molecule has 4 nitrogen and oxygen atoms in total. The van der Waals surface area contributed by atoms with Gasteiger partial charge in [-0.3, -0.25) is 9.69 Å². The first kappa shape index (κ1) is 13.4. The first-order valence-electron chi connectivity index (χ1n) is 7.57. The van der Waals surface area contributed by atoms with Gasteiger partial charge >= 0.3 is 0 Å². The summed E-state index contributed by atoms with van der Waals surface area (Å²) in [7, 11) is 0. The molecule has 4 heteroatoms. The van der Waals surface area contributed by atoms with Gasteiger partial charge in [0.25, 0.3) is 0 Å². The molecule has 108 valence electrons. The Morgan fingerprint density at radius 2 is 2.05 bits per heavy atom. The number of likely N-dealkylation sites (tertiary alicyclic amines) is 1. The molecular weight excluding hydrogens is 250 g/mol. The Morgan fingerprint density at radius 3 is 2.80 bits per heavy atom. The van der Waals surface area contributed by atoms with Crippen molar-refractivity contribution < 1.29 is 4.79 Å². The Bertz CT molecular complexity index is 514. The van der Waals surface area contributed by atoms with Crippen molar-refractivity contribution in [3.63, 3.8) is 0 Å². The molecule has 1 amide bonds. The van der Waals surface area contributed by atoms with E-state index in [-0.39, 0.29) is 0 Å². The van der Waals surface area contributed by atoms with Crippen LogP contribution in [0.15, 0.2) is 18.2 Å². The van der Waals surface area contributed by atoms with Crippen LogP contribution in [-0.4, -0.2) is 23.4 Å². The summed E-state index contributed by atoms with van der Waals surface area (Å²) < 4.78 is 0. The fraction of sp³-hybridized carbons (Fsp3) is 0.562. The Balaban J connectivity index is 1.73. The van der Waals surface area contributed by atoms with Crippen LogP contribution in [0.5, 0.6) is 0 Å². The van der Waals surface area contributed by atoms with E-state index in [1.807, 2.05) is 6.07 Å². The van der Waals surface area contributed by atoms with Gasteiger partial charge in [-0.1, -0.05) is 18.9 Å². The Labute approximate surface area is 120 Å². The number of primary amides is 1. The van der Waals surface area contributed by atoms with Gasteiger partial charge in [0.15, 0.2) is 0 Å². The zero-order chi connectivity index (χ0) is 14.1. The number of hydrogen-bond acceptors (Lipinski definition) is 3. The summed E-state index contributed by atoms with van der Waals surface area (Å²) in [5, 5.41) is 0. The summed E-state index contributed by atoms with van der Waals surface area (Å²) in [6.45, 7) is 2.07. The molecular formula is C16H23N3O. The summed E-state index contributed by atoms with van der Waals surface area (Å²) in [5.41, 5.74) is 13.6. The third-order valence-corrected chi connectivity index (χ3v) is 4.93. The maximum absolute atomic E-state index is 11.2. The van der Waals surface area contributed by atoms with Crippen molar-refractivity contribution in [1.29, 1.82) is 0 Å². The van der Waals surface area contributed by atoms with E-state index in [0.29, 0.717) is 11.3 Å². The van der Waals surface area contributed by atoms with E-state index in [1.165, 1.54) is 38.6 Å². The van der Waals surface area contributed by atoms with Crippen LogP contribution in [0.1, 0.15) is 48.0 Å². The molecule has 1 aromatic carbocycles. The van der Waals surface area contributed by atoms with Crippen molar-refractivity contribution in [2.45, 2.75) is 44.7 Å². The first-order chi connectivity index (χ1) is 9.65. The van der Waals surface area contributed by atoms with E-state index in [4.69, 9.17) is 11.5 Å². The second kappa shape index (κ2) is 5.44. The number of hydrogen-bond donors (Lipinski definition) is 2. The largest absolute Gasteiger partial charge is 0.398 e. The summed E-state index contributed by atoms with van der Waals surface area (Å²) in [6.07, 6.45) is 6.78. The molecule has 1 aliphatic heterocycles. The van der Waals surface area contributed by atoms with Gasteiger partial charge < -0.3 is 11.5 Å².